The van der Waals surface area contributed by atoms with Crippen molar-refractivity contribution in [3.05, 3.63) is 46.6 Å². The Labute approximate surface area is 117 Å². The van der Waals surface area contributed by atoms with E-state index in [9.17, 15) is 0 Å². The number of rotatable bonds is 5. The third-order valence-corrected chi connectivity index (χ3v) is 3.64. The SMILES string of the molecule is COCCCn1c(C)cc(Br)c1-c1ccccc1. The van der Waals surface area contributed by atoms with Gasteiger partial charge in [-0.25, -0.2) is 0 Å². The molecular formula is C15H18BrNO. The van der Waals surface area contributed by atoms with Gasteiger partial charge < -0.3 is 9.30 Å². The maximum absolute atomic E-state index is 5.13. The van der Waals surface area contributed by atoms with Crippen LogP contribution in [0.15, 0.2) is 40.9 Å². The predicted octanol–water partition coefficient (Wildman–Crippen LogP) is 4.26. The molecule has 0 saturated carbocycles. The highest BCUT2D eigenvalue weighted by molar-refractivity contribution is 9.10. The van der Waals surface area contributed by atoms with Crippen LogP contribution >= 0.6 is 15.9 Å². The van der Waals surface area contributed by atoms with Gasteiger partial charge in [0, 0.05) is 30.4 Å². The first-order valence-electron chi connectivity index (χ1n) is 6.14. The van der Waals surface area contributed by atoms with Crippen LogP contribution in [-0.4, -0.2) is 18.3 Å². The molecule has 0 radical (unpaired) electrons. The zero-order valence-corrected chi connectivity index (χ0v) is 12.4. The Bertz CT molecular complexity index is 505. The molecule has 2 aromatic rings. The summed E-state index contributed by atoms with van der Waals surface area (Å²) in [4.78, 5) is 0. The van der Waals surface area contributed by atoms with Crippen LogP contribution in [0.5, 0.6) is 0 Å². The fourth-order valence-electron chi connectivity index (χ4n) is 2.18. The van der Waals surface area contributed by atoms with Crippen molar-refractivity contribution in [2.45, 2.75) is 19.9 Å². The molecule has 3 heteroatoms. The van der Waals surface area contributed by atoms with Gasteiger partial charge in [-0.05, 0) is 40.9 Å². The lowest BCUT2D eigenvalue weighted by molar-refractivity contribution is 0.190. The molecule has 96 valence electrons. The summed E-state index contributed by atoms with van der Waals surface area (Å²) in [7, 11) is 1.75. The number of benzene rings is 1. The third-order valence-electron chi connectivity index (χ3n) is 3.03. The Morgan fingerprint density at radius 3 is 2.61 bits per heavy atom. The second-order valence-corrected chi connectivity index (χ2v) is 5.20. The van der Waals surface area contributed by atoms with Crippen molar-refractivity contribution >= 4 is 15.9 Å². The molecule has 0 N–H and O–H groups in total. The van der Waals surface area contributed by atoms with E-state index in [-0.39, 0.29) is 0 Å². The molecule has 0 aliphatic carbocycles. The third kappa shape index (κ3) is 2.85. The molecule has 2 rings (SSSR count). The van der Waals surface area contributed by atoms with E-state index in [1.165, 1.54) is 17.0 Å². The fraction of sp³-hybridized carbons (Fsp3) is 0.333. The van der Waals surface area contributed by atoms with Crippen LogP contribution in [0.2, 0.25) is 0 Å². The first-order chi connectivity index (χ1) is 8.74. The maximum atomic E-state index is 5.13. The molecule has 1 aromatic carbocycles. The summed E-state index contributed by atoms with van der Waals surface area (Å²) in [5.41, 5.74) is 3.77. The van der Waals surface area contributed by atoms with Gasteiger partial charge in [-0.3, -0.25) is 0 Å². The molecule has 0 spiro atoms. The molecule has 2 nitrogen and oxygen atoms in total. The number of halogens is 1. The topological polar surface area (TPSA) is 14.2 Å². The molecule has 1 aromatic heterocycles. The molecule has 0 saturated heterocycles. The lowest BCUT2D eigenvalue weighted by Gasteiger charge is -2.12. The van der Waals surface area contributed by atoms with Crippen LogP contribution in [-0.2, 0) is 11.3 Å². The van der Waals surface area contributed by atoms with Gasteiger partial charge in [0.05, 0.1) is 5.69 Å². The monoisotopic (exact) mass is 307 g/mol. The minimum Gasteiger partial charge on any atom is -0.385 e. The standard InChI is InChI=1S/C15H18BrNO/c1-12-11-14(16)15(13-7-4-3-5-8-13)17(12)9-6-10-18-2/h3-5,7-8,11H,6,9-10H2,1-2H3. The van der Waals surface area contributed by atoms with Crippen molar-refractivity contribution in [3.8, 4) is 11.3 Å². The molecule has 0 amide bonds. The first kappa shape index (κ1) is 13.4. The summed E-state index contributed by atoms with van der Waals surface area (Å²) >= 11 is 3.66. The van der Waals surface area contributed by atoms with E-state index in [1.54, 1.807) is 7.11 Å². The number of ether oxygens (including phenoxy) is 1. The van der Waals surface area contributed by atoms with E-state index >= 15 is 0 Å². The minimum absolute atomic E-state index is 0.795. The van der Waals surface area contributed by atoms with Gasteiger partial charge in [0.15, 0.2) is 0 Å². The quantitative estimate of drug-likeness (QED) is 0.753. The predicted molar refractivity (Wildman–Crippen MR) is 78.8 cm³/mol. The molecular weight excluding hydrogens is 290 g/mol. The second kappa shape index (κ2) is 6.21. The van der Waals surface area contributed by atoms with Crippen LogP contribution < -0.4 is 0 Å². The average Bonchev–Trinajstić information content (AvgIpc) is 2.66. The summed E-state index contributed by atoms with van der Waals surface area (Å²) in [6.07, 6.45) is 1.03. The lowest BCUT2D eigenvalue weighted by atomic mass is 10.1. The molecule has 1 heterocycles. The molecule has 0 bridgehead atoms. The Kier molecular flexibility index (Phi) is 4.61. The van der Waals surface area contributed by atoms with E-state index in [1.807, 2.05) is 6.07 Å². The minimum atomic E-state index is 0.795. The van der Waals surface area contributed by atoms with E-state index in [4.69, 9.17) is 4.74 Å². The van der Waals surface area contributed by atoms with Crippen molar-refractivity contribution in [1.82, 2.24) is 4.57 Å². The van der Waals surface area contributed by atoms with Crippen molar-refractivity contribution < 1.29 is 4.74 Å². The number of methoxy groups -OCH3 is 1. The Hall–Kier alpha value is -1.06. The van der Waals surface area contributed by atoms with Crippen LogP contribution in [0.1, 0.15) is 12.1 Å². The zero-order valence-electron chi connectivity index (χ0n) is 10.8. The van der Waals surface area contributed by atoms with E-state index < -0.39 is 0 Å². The first-order valence-corrected chi connectivity index (χ1v) is 6.93. The normalized spacial score (nSPS) is 10.8. The summed E-state index contributed by atoms with van der Waals surface area (Å²) in [6, 6.07) is 12.7. The number of hydrogen-bond donors (Lipinski definition) is 0. The van der Waals surface area contributed by atoms with Crippen LogP contribution in [0, 0.1) is 6.92 Å². The highest BCUT2D eigenvalue weighted by atomic mass is 79.9. The Morgan fingerprint density at radius 2 is 1.94 bits per heavy atom. The second-order valence-electron chi connectivity index (χ2n) is 4.35. The van der Waals surface area contributed by atoms with Gasteiger partial charge in [-0.15, -0.1) is 0 Å². The number of hydrogen-bond acceptors (Lipinski definition) is 1. The fourth-order valence-corrected chi connectivity index (χ4v) is 2.95. The highest BCUT2D eigenvalue weighted by Crippen LogP contribution is 2.31. The van der Waals surface area contributed by atoms with Crippen molar-refractivity contribution in [3.63, 3.8) is 0 Å². The number of aryl methyl sites for hydroxylation is 1. The van der Waals surface area contributed by atoms with Crippen molar-refractivity contribution in [2.75, 3.05) is 13.7 Å². The zero-order chi connectivity index (χ0) is 13.0. The molecule has 0 aliphatic heterocycles. The molecule has 0 aliphatic rings. The molecule has 0 fully saturated rings. The van der Waals surface area contributed by atoms with E-state index in [0.29, 0.717) is 0 Å². The van der Waals surface area contributed by atoms with E-state index in [2.05, 4.69) is 57.8 Å². The summed E-state index contributed by atoms with van der Waals surface area (Å²) < 4.78 is 8.63. The Balaban J connectivity index is 2.34. The van der Waals surface area contributed by atoms with Crippen molar-refractivity contribution in [1.29, 1.82) is 0 Å². The molecule has 18 heavy (non-hydrogen) atoms. The average molecular weight is 308 g/mol. The van der Waals surface area contributed by atoms with Gasteiger partial charge in [-0.2, -0.15) is 0 Å². The maximum Gasteiger partial charge on any atom is 0.0626 e. The van der Waals surface area contributed by atoms with Crippen molar-refractivity contribution in [2.24, 2.45) is 0 Å². The summed E-state index contributed by atoms with van der Waals surface area (Å²) in [5.74, 6) is 0. The summed E-state index contributed by atoms with van der Waals surface area (Å²) in [6.45, 7) is 3.92. The highest BCUT2D eigenvalue weighted by Gasteiger charge is 2.12. The van der Waals surface area contributed by atoms with Gasteiger partial charge in [0.2, 0.25) is 0 Å². The molecule has 0 atom stereocenters. The Morgan fingerprint density at radius 1 is 1.22 bits per heavy atom. The largest absolute Gasteiger partial charge is 0.385 e. The van der Waals surface area contributed by atoms with Gasteiger partial charge in [0.25, 0.3) is 0 Å². The molecule has 0 unspecified atom stereocenters. The van der Waals surface area contributed by atoms with Gasteiger partial charge in [0.1, 0.15) is 0 Å². The van der Waals surface area contributed by atoms with Crippen LogP contribution in [0.3, 0.4) is 0 Å². The smallest absolute Gasteiger partial charge is 0.0626 e. The van der Waals surface area contributed by atoms with Crippen LogP contribution in [0.25, 0.3) is 11.3 Å². The number of nitrogens with zero attached hydrogens (tertiary/aromatic N) is 1. The lowest BCUT2D eigenvalue weighted by Crippen LogP contribution is -2.04. The van der Waals surface area contributed by atoms with Crippen LogP contribution in [0.4, 0.5) is 0 Å². The van der Waals surface area contributed by atoms with Gasteiger partial charge in [-0.1, -0.05) is 30.3 Å². The summed E-state index contributed by atoms with van der Waals surface area (Å²) in [5, 5.41) is 0. The van der Waals surface area contributed by atoms with Gasteiger partial charge >= 0.3 is 0 Å². The van der Waals surface area contributed by atoms with E-state index in [0.717, 1.165) is 24.0 Å². The number of aromatic nitrogens is 1.